The Kier molecular flexibility index (Phi) is 7.21. The molecule has 3 N–H and O–H groups in total. The molecule has 0 aromatic heterocycles. The molecule has 0 aliphatic heterocycles. The Hall–Kier alpha value is -3.01. The van der Waals surface area contributed by atoms with Crippen LogP contribution in [0.3, 0.4) is 0 Å². The van der Waals surface area contributed by atoms with Crippen molar-refractivity contribution in [2.24, 2.45) is 0 Å². The average Bonchev–Trinajstić information content (AvgIpc) is 2.75. The maximum absolute atomic E-state index is 12.9. The minimum Gasteiger partial charge on any atom is -0.497 e. The molecule has 0 aliphatic rings. The summed E-state index contributed by atoms with van der Waals surface area (Å²) in [6.45, 7) is 0. The van der Waals surface area contributed by atoms with E-state index in [1.165, 1.54) is 19.2 Å². The molecule has 0 saturated heterocycles. The number of methoxy groups -OCH3 is 2. The van der Waals surface area contributed by atoms with E-state index < -0.39 is 10.0 Å². The summed E-state index contributed by atoms with van der Waals surface area (Å²) in [5.74, 6) is 1.07. The van der Waals surface area contributed by atoms with Gasteiger partial charge in [-0.25, -0.2) is 8.42 Å². The van der Waals surface area contributed by atoms with Crippen molar-refractivity contribution >= 4 is 56.0 Å². The molecule has 0 fully saturated rings. The molecule has 0 saturated carbocycles. The molecular weight excluding hydrogens is 458 g/mol. The number of para-hydroxylation sites is 2. The van der Waals surface area contributed by atoms with Crippen molar-refractivity contribution < 1.29 is 17.9 Å². The molecule has 3 rings (SSSR count). The van der Waals surface area contributed by atoms with Crippen molar-refractivity contribution in [3.05, 3.63) is 71.8 Å². The van der Waals surface area contributed by atoms with E-state index in [1.807, 2.05) is 18.2 Å². The van der Waals surface area contributed by atoms with Crippen molar-refractivity contribution in [3.63, 3.8) is 0 Å². The summed E-state index contributed by atoms with van der Waals surface area (Å²) in [7, 11) is -0.952. The highest BCUT2D eigenvalue weighted by Crippen LogP contribution is 2.30. The largest absolute Gasteiger partial charge is 0.497 e. The molecule has 0 radical (unpaired) electrons. The molecule has 3 aromatic carbocycles. The molecule has 0 unspecified atom stereocenters. The van der Waals surface area contributed by atoms with Crippen molar-refractivity contribution in [2.45, 2.75) is 4.90 Å². The van der Waals surface area contributed by atoms with Crippen LogP contribution >= 0.6 is 23.8 Å². The van der Waals surface area contributed by atoms with E-state index in [0.29, 0.717) is 22.9 Å². The van der Waals surface area contributed by atoms with Crippen LogP contribution in [-0.4, -0.2) is 27.7 Å². The van der Waals surface area contributed by atoms with Crippen LogP contribution in [0.15, 0.2) is 71.6 Å². The maximum Gasteiger partial charge on any atom is 0.263 e. The first-order valence-electron chi connectivity index (χ1n) is 9.00. The van der Waals surface area contributed by atoms with Gasteiger partial charge < -0.3 is 20.1 Å². The standard InChI is InChI=1S/C21H20ClN3O4S2/c1-28-16-7-5-6-14(12-16)23-21(30)24-15-10-11-17(22)20(13-15)31(26,27)25-18-8-3-4-9-19(18)29-2/h3-13,25H,1-2H3,(H2,23,24,30). The summed E-state index contributed by atoms with van der Waals surface area (Å²) in [6.07, 6.45) is 0. The summed E-state index contributed by atoms with van der Waals surface area (Å²) in [4.78, 5) is -0.103. The van der Waals surface area contributed by atoms with E-state index in [1.54, 1.807) is 43.5 Å². The van der Waals surface area contributed by atoms with Crippen LogP contribution in [0, 0.1) is 0 Å². The summed E-state index contributed by atoms with van der Waals surface area (Å²) < 4.78 is 38.8. The molecule has 0 bridgehead atoms. The second kappa shape index (κ2) is 9.86. The lowest BCUT2D eigenvalue weighted by Gasteiger charge is -2.15. The van der Waals surface area contributed by atoms with Gasteiger partial charge >= 0.3 is 0 Å². The van der Waals surface area contributed by atoms with Crippen molar-refractivity contribution in [2.75, 3.05) is 29.6 Å². The van der Waals surface area contributed by atoms with E-state index in [2.05, 4.69) is 15.4 Å². The number of nitrogens with one attached hydrogen (secondary N) is 3. The second-order valence-corrected chi connectivity index (χ2v) is 8.73. The highest BCUT2D eigenvalue weighted by molar-refractivity contribution is 7.92. The van der Waals surface area contributed by atoms with Crippen molar-refractivity contribution in [1.29, 1.82) is 0 Å². The first-order chi connectivity index (χ1) is 14.8. The van der Waals surface area contributed by atoms with Gasteiger partial charge in [-0.1, -0.05) is 29.8 Å². The highest BCUT2D eigenvalue weighted by Gasteiger charge is 2.20. The third kappa shape index (κ3) is 5.78. The zero-order valence-electron chi connectivity index (χ0n) is 16.7. The summed E-state index contributed by atoms with van der Waals surface area (Å²) in [6, 6.07) is 18.4. The zero-order valence-corrected chi connectivity index (χ0v) is 19.1. The Labute approximate surface area is 191 Å². The molecule has 7 nitrogen and oxygen atoms in total. The van der Waals surface area contributed by atoms with Crippen LogP contribution in [-0.2, 0) is 10.0 Å². The SMILES string of the molecule is COc1cccc(NC(=S)Nc2ccc(Cl)c(S(=O)(=O)Nc3ccccc3OC)c2)c1. The molecule has 3 aromatic rings. The van der Waals surface area contributed by atoms with E-state index in [-0.39, 0.29) is 15.0 Å². The highest BCUT2D eigenvalue weighted by atomic mass is 35.5. The monoisotopic (exact) mass is 477 g/mol. The van der Waals surface area contributed by atoms with Crippen LogP contribution in [0.5, 0.6) is 11.5 Å². The maximum atomic E-state index is 12.9. The Balaban J connectivity index is 1.79. The number of thiocarbonyl (C=S) groups is 1. The molecular formula is C21H20ClN3O4S2. The van der Waals surface area contributed by atoms with E-state index in [0.717, 1.165) is 5.69 Å². The van der Waals surface area contributed by atoms with Crippen LogP contribution in [0.1, 0.15) is 0 Å². The Morgan fingerprint density at radius 2 is 1.61 bits per heavy atom. The van der Waals surface area contributed by atoms with Gasteiger partial charge in [0.15, 0.2) is 5.11 Å². The summed E-state index contributed by atoms with van der Waals surface area (Å²) in [5.41, 5.74) is 1.47. The van der Waals surface area contributed by atoms with E-state index >= 15 is 0 Å². The molecule has 0 amide bonds. The number of hydrogen-bond acceptors (Lipinski definition) is 5. The van der Waals surface area contributed by atoms with Gasteiger partial charge in [0.05, 0.1) is 24.9 Å². The third-order valence-corrected chi connectivity index (χ3v) is 6.21. The topological polar surface area (TPSA) is 88.7 Å². The number of halogens is 1. The first-order valence-corrected chi connectivity index (χ1v) is 11.3. The van der Waals surface area contributed by atoms with Crippen molar-refractivity contribution in [1.82, 2.24) is 0 Å². The van der Waals surface area contributed by atoms with Crippen molar-refractivity contribution in [3.8, 4) is 11.5 Å². The molecule has 10 heteroatoms. The molecule has 162 valence electrons. The predicted octanol–water partition coefficient (Wildman–Crippen LogP) is 4.97. The molecule has 31 heavy (non-hydrogen) atoms. The van der Waals surface area contributed by atoms with Gasteiger partial charge in [-0.05, 0) is 54.7 Å². The fraction of sp³-hybridized carbons (Fsp3) is 0.0952. The van der Waals surface area contributed by atoms with Gasteiger partial charge in [-0.2, -0.15) is 0 Å². The van der Waals surface area contributed by atoms with Crippen LogP contribution in [0.4, 0.5) is 17.1 Å². The number of hydrogen-bond donors (Lipinski definition) is 3. The average molecular weight is 478 g/mol. The fourth-order valence-electron chi connectivity index (χ4n) is 2.71. The smallest absolute Gasteiger partial charge is 0.263 e. The lowest BCUT2D eigenvalue weighted by molar-refractivity contribution is 0.415. The minimum atomic E-state index is -3.98. The first kappa shape index (κ1) is 22.7. The van der Waals surface area contributed by atoms with Gasteiger partial charge in [-0.15, -0.1) is 0 Å². The number of anilines is 3. The number of sulfonamides is 1. The minimum absolute atomic E-state index is 0.0691. The van der Waals surface area contributed by atoms with Gasteiger partial charge in [0, 0.05) is 17.4 Å². The molecule has 0 aliphatic carbocycles. The van der Waals surface area contributed by atoms with Crippen LogP contribution < -0.4 is 24.8 Å². The quantitative estimate of drug-likeness (QED) is 0.414. The normalized spacial score (nSPS) is 10.8. The van der Waals surface area contributed by atoms with E-state index in [9.17, 15) is 8.42 Å². The third-order valence-electron chi connectivity index (χ3n) is 4.16. The van der Waals surface area contributed by atoms with E-state index in [4.69, 9.17) is 33.3 Å². The number of benzene rings is 3. The zero-order chi connectivity index (χ0) is 22.4. The molecule has 0 spiro atoms. The Bertz CT molecular complexity index is 1200. The van der Waals surface area contributed by atoms with Gasteiger partial charge in [0.1, 0.15) is 16.4 Å². The summed E-state index contributed by atoms with van der Waals surface area (Å²) in [5, 5.41) is 6.32. The Morgan fingerprint density at radius 3 is 2.32 bits per heavy atom. The lowest BCUT2D eigenvalue weighted by Crippen LogP contribution is -2.20. The number of ether oxygens (including phenoxy) is 2. The Morgan fingerprint density at radius 1 is 0.903 bits per heavy atom. The molecule has 0 atom stereocenters. The predicted molar refractivity (Wildman–Crippen MR) is 128 cm³/mol. The second-order valence-electron chi connectivity index (χ2n) is 6.26. The molecule has 0 heterocycles. The van der Waals surface area contributed by atoms with Gasteiger partial charge in [0.2, 0.25) is 0 Å². The van der Waals surface area contributed by atoms with Crippen LogP contribution in [0.25, 0.3) is 0 Å². The van der Waals surface area contributed by atoms with Gasteiger partial charge in [-0.3, -0.25) is 4.72 Å². The summed E-state index contributed by atoms with van der Waals surface area (Å²) >= 11 is 11.5. The fourth-order valence-corrected chi connectivity index (χ4v) is 4.54. The van der Waals surface area contributed by atoms with Gasteiger partial charge in [0.25, 0.3) is 10.0 Å². The van der Waals surface area contributed by atoms with Crippen LogP contribution in [0.2, 0.25) is 5.02 Å². The number of rotatable bonds is 7. The lowest BCUT2D eigenvalue weighted by atomic mass is 10.3.